The number of nitrogens with zero attached hydrogens (tertiary/aromatic N) is 2. The summed E-state index contributed by atoms with van der Waals surface area (Å²) in [4.78, 5) is 25.7. The van der Waals surface area contributed by atoms with Crippen molar-refractivity contribution >= 4 is 17.6 Å². The standard InChI is InChI=1S/C30H27F3N4O3/c31-30(32,33)22-12-6-11-21(15-22)28(39)35-23-13-14-24(27(38)16-23)25-17-26(20-9-4-5-10-20)37(36-25)29(40)34-18-19-7-2-1-3-8-19/h1-3,6-8,11-17,20,38H,4-5,9-10,18H2,(H,34,40)(H,35,39). The first-order chi connectivity index (χ1) is 19.2. The van der Waals surface area contributed by atoms with Gasteiger partial charge in [-0.3, -0.25) is 4.79 Å². The Labute approximate surface area is 228 Å². The molecular weight excluding hydrogens is 521 g/mol. The van der Waals surface area contributed by atoms with Gasteiger partial charge in [0.2, 0.25) is 0 Å². The second-order valence-electron chi connectivity index (χ2n) is 9.76. The Morgan fingerprint density at radius 1 is 0.950 bits per heavy atom. The van der Waals surface area contributed by atoms with E-state index < -0.39 is 17.6 Å². The zero-order chi connectivity index (χ0) is 28.3. The number of aromatic nitrogens is 2. The van der Waals surface area contributed by atoms with Gasteiger partial charge in [0.05, 0.1) is 17.0 Å². The molecule has 0 atom stereocenters. The molecule has 0 bridgehead atoms. The second-order valence-corrected chi connectivity index (χ2v) is 9.76. The highest BCUT2D eigenvalue weighted by Crippen LogP contribution is 2.38. The fraction of sp³-hybridized carbons (Fsp3) is 0.233. The molecule has 206 valence electrons. The number of alkyl halides is 3. The summed E-state index contributed by atoms with van der Waals surface area (Å²) in [7, 11) is 0. The van der Waals surface area contributed by atoms with E-state index in [0.29, 0.717) is 17.8 Å². The summed E-state index contributed by atoms with van der Waals surface area (Å²) < 4.78 is 40.4. The van der Waals surface area contributed by atoms with Crippen molar-refractivity contribution in [2.75, 3.05) is 5.32 Å². The van der Waals surface area contributed by atoms with E-state index in [1.807, 2.05) is 30.3 Å². The average molecular weight is 549 g/mol. The van der Waals surface area contributed by atoms with Gasteiger partial charge in [-0.15, -0.1) is 0 Å². The first-order valence-corrected chi connectivity index (χ1v) is 12.9. The van der Waals surface area contributed by atoms with Crippen molar-refractivity contribution in [3.63, 3.8) is 0 Å². The number of phenolic OH excluding ortho intramolecular Hbond substituents is 1. The van der Waals surface area contributed by atoms with Crippen LogP contribution in [0.25, 0.3) is 11.3 Å². The molecule has 1 heterocycles. The van der Waals surface area contributed by atoms with E-state index >= 15 is 0 Å². The topological polar surface area (TPSA) is 96.3 Å². The van der Waals surface area contributed by atoms with Crippen LogP contribution in [0, 0.1) is 0 Å². The minimum atomic E-state index is -4.57. The zero-order valence-electron chi connectivity index (χ0n) is 21.4. The first-order valence-electron chi connectivity index (χ1n) is 12.9. The Kier molecular flexibility index (Phi) is 7.59. The van der Waals surface area contributed by atoms with Gasteiger partial charge < -0.3 is 15.7 Å². The molecule has 3 aromatic carbocycles. The Morgan fingerprint density at radius 3 is 2.40 bits per heavy atom. The van der Waals surface area contributed by atoms with Crippen molar-refractivity contribution in [2.45, 2.75) is 44.3 Å². The van der Waals surface area contributed by atoms with Crippen molar-refractivity contribution in [3.8, 4) is 17.0 Å². The van der Waals surface area contributed by atoms with Crippen LogP contribution < -0.4 is 10.6 Å². The molecule has 1 aliphatic carbocycles. The molecule has 1 aromatic heterocycles. The monoisotopic (exact) mass is 548 g/mol. The molecule has 4 aromatic rings. The average Bonchev–Trinajstić information content (AvgIpc) is 3.63. The molecule has 0 aliphatic heterocycles. The third-order valence-electron chi connectivity index (χ3n) is 6.97. The molecule has 0 radical (unpaired) electrons. The first kappa shape index (κ1) is 27.0. The maximum Gasteiger partial charge on any atom is 0.416 e. The molecule has 10 heteroatoms. The van der Waals surface area contributed by atoms with E-state index in [0.717, 1.165) is 55.1 Å². The number of carbonyl (C=O) groups is 2. The van der Waals surface area contributed by atoms with Crippen LogP contribution in [0.1, 0.15) is 58.8 Å². The second kappa shape index (κ2) is 11.3. The van der Waals surface area contributed by atoms with E-state index in [1.54, 1.807) is 12.1 Å². The number of aromatic hydroxyl groups is 1. The number of carbonyl (C=O) groups excluding carboxylic acids is 2. The van der Waals surface area contributed by atoms with Crippen molar-refractivity contribution < 1.29 is 27.9 Å². The van der Waals surface area contributed by atoms with Gasteiger partial charge in [0, 0.05) is 35.3 Å². The van der Waals surface area contributed by atoms with E-state index in [9.17, 15) is 27.9 Å². The van der Waals surface area contributed by atoms with Crippen LogP contribution in [0.3, 0.4) is 0 Å². The highest BCUT2D eigenvalue weighted by molar-refractivity contribution is 6.04. The lowest BCUT2D eigenvalue weighted by atomic mass is 10.0. The fourth-order valence-electron chi connectivity index (χ4n) is 4.92. The molecule has 7 nitrogen and oxygen atoms in total. The van der Waals surface area contributed by atoms with Gasteiger partial charge in [-0.05, 0) is 54.8 Å². The van der Waals surface area contributed by atoms with Crippen LogP contribution in [0.2, 0.25) is 0 Å². The van der Waals surface area contributed by atoms with E-state index in [1.165, 1.54) is 22.9 Å². The summed E-state index contributed by atoms with van der Waals surface area (Å²) in [6, 6.07) is 19.4. The molecule has 0 saturated heterocycles. The van der Waals surface area contributed by atoms with E-state index in [2.05, 4.69) is 15.7 Å². The highest BCUT2D eigenvalue weighted by Gasteiger charge is 2.31. The van der Waals surface area contributed by atoms with Gasteiger partial charge in [-0.25, -0.2) is 4.79 Å². The molecule has 0 unspecified atom stereocenters. The third kappa shape index (κ3) is 6.01. The van der Waals surface area contributed by atoms with Gasteiger partial charge in [0.1, 0.15) is 5.75 Å². The van der Waals surface area contributed by atoms with Crippen molar-refractivity contribution in [1.29, 1.82) is 0 Å². The lowest BCUT2D eigenvalue weighted by molar-refractivity contribution is -0.137. The van der Waals surface area contributed by atoms with Crippen molar-refractivity contribution in [2.24, 2.45) is 0 Å². The number of benzene rings is 3. The van der Waals surface area contributed by atoms with Crippen LogP contribution in [-0.4, -0.2) is 26.8 Å². The summed E-state index contributed by atoms with van der Waals surface area (Å²) in [6.07, 6.45) is -0.590. The van der Waals surface area contributed by atoms with E-state index in [-0.39, 0.29) is 28.9 Å². The largest absolute Gasteiger partial charge is 0.507 e. The Morgan fingerprint density at radius 2 is 1.70 bits per heavy atom. The Balaban J connectivity index is 1.36. The number of hydrogen-bond donors (Lipinski definition) is 3. The van der Waals surface area contributed by atoms with Gasteiger partial charge in [-0.2, -0.15) is 23.0 Å². The number of halogens is 3. The quantitative estimate of drug-likeness (QED) is 0.243. The molecule has 2 amide bonds. The molecule has 5 rings (SSSR count). The number of phenols is 1. The normalized spacial score (nSPS) is 13.8. The van der Waals surface area contributed by atoms with Crippen LogP contribution in [0.5, 0.6) is 5.75 Å². The molecule has 1 fully saturated rings. The molecule has 40 heavy (non-hydrogen) atoms. The van der Waals surface area contributed by atoms with Gasteiger partial charge >= 0.3 is 12.2 Å². The van der Waals surface area contributed by atoms with E-state index in [4.69, 9.17) is 0 Å². The molecule has 3 N–H and O–H groups in total. The number of amides is 2. The Bertz CT molecular complexity index is 1530. The summed E-state index contributed by atoms with van der Waals surface area (Å²) in [5, 5.41) is 20.7. The minimum absolute atomic E-state index is 0.164. The number of nitrogens with one attached hydrogen (secondary N) is 2. The number of hydrogen-bond acceptors (Lipinski definition) is 4. The predicted molar refractivity (Wildman–Crippen MR) is 144 cm³/mol. The molecular formula is C30H27F3N4O3. The zero-order valence-corrected chi connectivity index (χ0v) is 21.4. The lowest BCUT2D eigenvalue weighted by Crippen LogP contribution is -2.30. The summed E-state index contributed by atoms with van der Waals surface area (Å²) in [6.45, 7) is 0.338. The molecule has 1 saturated carbocycles. The lowest BCUT2D eigenvalue weighted by Gasteiger charge is -2.12. The SMILES string of the molecule is O=C(Nc1ccc(-c2cc(C3CCCC3)n(C(=O)NCc3ccccc3)n2)c(O)c1)c1cccc(C(F)(F)F)c1. The molecule has 1 aliphatic rings. The summed E-state index contributed by atoms with van der Waals surface area (Å²) >= 11 is 0. The number of anilines is 1. The fourth-order valence-corrected chi connectivity index (χ4v) is 4.92. The van der Waals surface area contributed by atoms with Gasteiger partial charge in [-0.1, -0.05) is 49.2 Å². The minimum Gasteiger partial charge on any atom is -0.507 e. The van der Waals surface area contributed by atoms with Gasteiger partial charge in [0.15, 0.2) is 0 Å². The molecule has 0 spiro atoms. The van der Waals surface area contributed by atoms with Crippen molar-refractivity contribution in [1.82, 2.24) is 15.1 Å². The van der Waals surface area contributed by atoms with Crippen molar-refractivity contribution in [3.05, 3.63) is 101 Å². The smallest absolute Gasteiger partial charge is 0.416 e. The third-order valence-corrected chi connectivity index (χ3v) is 6.97. The van der Waals surface area contributed by atoms with Crippen LogP contribution in [0.15, 0.2) is 78.9 Å². The maximum absolute atomic E-state index is 13.1. The van der Waals surface area contributed by atoms with Gasteiger partial charge in [0.25, 0.3) is 5.91 Å². The summed E-state index contributed by atoms with van der Waals surface area (Å²) in [5.41, 5.74) is 1.56. The number of rotatable bonds is 6. The summed E-state index contributed by atoms with van der Waals surface area (Å²) in [5.74, 6) is -0.785. The predicted octanol–water partition coefficient (Wildman–Crippen LogP) is 6.94. The Hall–Kier alpha value is -4.60. The van der Waals surface area contributed by atoms with Crippen LogP contribution >= 0.6 is 0 Å². The van der Waals surface area contributed by atoms with Crippen LogP contribution in [-0.2, 0) is 12.7 Å². The van der Waals surface area contributed by atoms with Crippen LogP contribution in [0.4, 0.5) is 23.7 Å². The highest BCUT2D eigenvalue weighted by atomic mass is 19.4. The maximum atomic E-state index is 13.1.